The van der Waals surface area contributed by atoms with Gasteiger partial charge in [-0.3, -0.25) is 9.89 Å². The molecule has 3 aliphatic carbocycles. The van der Waals surface area contributed by atoms with E-state index in [2.05, 4.69) is 25.5 Å². The lowest BCUT2D eigenvalue weighted by Crippen LogP contribution is -2.51. The number of nitrogens with zero attached hydrogens (tertiary/aromatic N) is 4. The number of rotatable bonds is 4. The second kappa shape index (κ2) is 7.23. The minimum absolute atomic E-state index is 0.0759. The van der Waals surface area contributed by atoms with Crippen LogP contribution in [-0.4, -0.2) is 41.9 Å². The van der Waals surface area contributed by atoms with Crippen molar-refractivity contribution in [2.45, 2.75) is 31.7 Å². The Kier molecular flexibility index (Phi) is 4.40. The van der Waals surface area contributed by atoms with Crippen LogP contribution in [0, 0.1) is 29.4 Å². The van der Waals surface area contributed by atoms with Gasteiger partial charge in [-0.15, -0.1) is 0 Å². The number of fused-ring (bicyclic) bond motifs is 5. The molecule has 7 rings (SSSR count). The zero-order chi connectivity index (χ0) is 22.9. The number of H-pyrrole nitrogens is 1. The molecule has 3 heterocycles. The predicted molar refractivity (Wildman–Crippen MR) is 117 cm³/mol. The van der Waals surface area contributed by atoms with Crippen molar-refractivity contribution in [1.82, 2.24) is 24.7 Å². The van der Waals surface area contributed by atoms with Crippen LogP contribution in [0.2, 0.25) is 0 Å². The quantitative estimate of drug-likeness (QED) is 0.430. The van der Waals surface area contributed by atoms with E-state index in [0.717, 1.165) is 37.1 Å². The van der Waals surface area contributed by atoms with Crippen molar-refractivity contribution in [1.29, 1.82) is 0 Å². The second-order valence-corrected chi connectivity index (χ2v) is 9.15. The van der Waals surface area contributed by atoms with Gasteiger partial charge in [0.2, 0.25) is 0 Å². The van der Waals surface area contributed by atoms with Crippen LogP contribution in [0.1, 0.15) is 25.7 Å². The summed E-state index contributed by atoms with van der Waals surface area (Å²) < 4.78 is 30.0. The highest BCUT2D eigenvalue weighted by Gasteiger charge is 2.47. The number of aliphatic carboxylic acids is 1. The van der Waals surface area contributed by atoms with E-state index >= 15 is 0 Å². The molecule has 0 saturated heterocycles. The first kappa shape index (κ1) is 20.1. The summed E-state index contributed by atoms with van der Waals surface area (Å²) in [5.41, 5.74) is 0.921. The molecule has 0 unspecified atom stereocenters. The molecule has 2 bridgehead atoms. The van der Waals surface area contributed by atoms with Gasteiger partial charge in [0.05, 0.1) is 11.3 Å². The Morgan fingerprint density at radius 3 is 2.67 bits per heavy atom. The lowest BCUT2D eigenvalue weighted by Gasteiger charge is -2.47. The first-order valence-corrected chi connectivity index (χ1v) is 11.1. The largest absolute Gasteiger partial charge is 0.481 e. The fourth-order valence-electron chi connectivity index (χ4n) is 5.74. The molecule has 2 atom stereocenters. The molecule has 3 N–H and O–H groups in total. The smallest absolute Gasteiger partial charge is 0.308 e. The summed E-state index contributed by atoms with van der Waals surface area (Å²) in [4.78, 5) is 21.4. The molecular weight excluding hydrogens is 430 g/mol. The summed E-state index contributed by atoms with van der Waals surface area (Å²) in [6, 6.07) is 3.62. The molecule has 0 aliphatic heterocycles. The van der Waals surface area contributed by atoms with E-state index in [9.17, 15) is 18.7 Å². The number of halogens is 2. The zero-order valence-corrected chi connectivity index (χ0v) is 17.8. The number of hydrogen-bond donors (Lipinski definition) is 3. The van der Waals surface area contributed by atoms with E-state index in [1.165, 1.54) is 6.07 Å². The number of hydrogen-bond acceptors (Lipinski definition) is 5. The highest BCUT2D eigenvalue weighted by Crippen LogP contribution is 2.46. The number of anilines is 1. The Balaban J connectivity index is 1.49. The average molecular weight is 452 g/mol. The van der Waals surface area contributed by atoms with Crippen molar-refractivity contribution in [2.75, 3.05) is 5.32 Å². The van der Waals surface area contributed by atoms with E-state index in [-0.39, 0.29) is 40.3 Å². The van der Waals surface area contributed by atoms with Crippen LogP contribution in [-0.2, 0) is 11.8 Å². The lowest BCUT2D eigenvalue weighted by atomic mass is 9.61. The molecule has 8 nitrogen and oxygen atoms in total. The number of aromatic amines is 1. The standard InChI is InChI=1S/C23H22F2N6O2/c1-31-7-6-13-20(26-17-11-4-2-10(3-5-11)16(17)23(32)33)27-21(28-22(13)31)19-14-8-12(24)9-15(25)18(14)29-30-19/h6-11,16-17H,2-5H2,1H3,(H,29,30)(H,32,33)(H,26,27,28)/t10?,11?,16-,17-/m0/s1. The van der Waals surface area contributed by atoms with Gasteiger partial charge in [-0.2, -0.15) is 5.10 Å². The normalized spacial score (nSPS) is 24.6. The Labute approximate surface area is 187 Å². The van der Waals surface area contributed by atoms with Crippen LogP contribution in [0.4, 0.5) is 14.6 Å². The number of nitrogens with one attached hydrogen (secondary N) is 2. The topological polar surface area (TPSA) is 109 Å². The Morgan fingerprint density at radius 2 is 1.91 bits per heavy atom. The van der Waals surface area contributed by atoms with Crippen LogP contribution in [0.3, 0.4) is 0 Å². The van der Waals surface area contributed by atoms with Crippen molar-refractivity contribution in [2.24, 2.45) is 24.8 Å². The number of carbonyl (C=O) groups is 1. The first-order valence-electron chi connectivity index (χ1n) is 11.1. The third kappa shape index (κ3) is 3.07. The molecule has 170 valence electrons. The molecule has 0 spiro atoms. The summed E-state index contributed by atoms with van der Waals surface area (Å²) in [6.45, 7) is 0. The SMILES string of the molecule is Cn1ccc2c(N[C@H]3C4CCC(CC4)[C@@H]3C(=O)O)nc(-c3n[nH]c4c(F)cc(F)cc34)nc21. The van der Waals surface area contributed by atoms with Gasteiger partial charge in [-0.05, 0) is 49.7 Å². The van der Waals surface area contributed by atoms with Crippen LogP contribution in [0.5, 0.6) is 0 Å². The predicted octanol–water partition coefficient (Wildman–Crippen LogP) is 4.09. The van der Waals surface area contributed by atoms with Crippen molar-refractivity contribution in [3.8, 4) is 11.5 Å². The molecule has 3 aromatic heterocycles. The fraction of sp³-hybridized carbons (Fsp3) is 0.391. The van der Waals surface area contributed by atoms with Gasteiger partial charge in [0.15, 0.2) is 11.6 Å². The van der Waals surface area contributed by atoms with Crippen molar-refractivity contribution in [3.05, 3.63) is 36.0 Å². The number of carboxylic acid groups (broad SMARTS) is 1. The minimum atomic E-state index is -0.787. The van der Waals surface area contributed by atoms with E-state index < -0.39 is 23.5 Å². The molecule has 1 aromatic carbocycles. The van der Waals surface area contributed by atoms with Gasteiger partial charge in [0, 0.05) is 30.7 Å². The van der Waals surface area contributed by atoms with Gasteiger partial charge >= 0.3 is 5.97 Å². The Morgan fingerprint density at radius 1 is 1.15 bits per heavy atom. The van der Waals surface area contributed by atoms with E-state index in [1.807, 2.05) is 23.9 Å². The van der Waals surface area contributed by atoms with E-state index in [1.54, 1.807) is 0 Å². The zero-order valence-electron chi connectivity index (χ0n) is 17.8. The number of aromatic nitrogens is 5. The van der Waals surface area contributed by atoms with Crippen LogP contribution in [0.25, 0.3) is 33.5 Å². The monoisotopic (exact) mass is 452 g/mol. The Hall–Kier alpha value is -3.56. The summed E-state index contributed by atoms with van der Waals surface area (Å²) >= 11 is 0. The minimum Gasteiger partial charge on any atom is -0.481 e. The third-order valence-electron chi connectivity index (χ3n) is 7.33. The molecule has 10 heteroatoms. The number of carboxylic acids is 1. The Bertz CT molecular complexity index is 1410. The third-order valence-corrected chi connectivity index (χ3v) is 7.33. The summed E-state index contributed by atoms with van der Waals surface area (Å²) in [5, 5.41) is 21.2. The molecule has 3 aliphatic rings. The first-order chi connectivity index (χ1) is 15.9. The molecular formula is C23H22F2N6O2. The summed E-state index contributed by atoms with van der Waals surface area (Å²) in [6.07, 6.45) is 5.70. The van der Waals surface area contributed by atoms with Gasteiger partial charge in [-0.1, -0.05) is 0 Å². The van der Waals surface area contributed by atoms with Crippen molar-refractivity contribution >= 4 is 33.7 Å². The summed E-state index contributed by atoms with van der Waals surface area (Å²) in [7, 11) is 1.84. The summed E-state index contributed by atoms with van der Waals surface area (Å²) in [5.74, 6) is -1.62. The highest BCUT2D eigenvalue weighted by atomic mass is 19.1. The van der Waals surface area contributed by atoms with Gasteiger partial charge < -0.3 is 15.0 Å². The van der Waals surface area contributed by atoms with Crippen LogP contribution < -0.4 is 5.32 Å². The molecule has 0 amide bonds. The van der Waals surface area contributed by atoms with Crippen molar-refractivity contribution in [3.63, 3.8) is 0 Å². The van der Waals surface area contributed by atoms with Gasteiger partial charge in [0.1, 0.15) is 28.5 Å². The molecule has 0 radical (unpaired) electrons. The van der Waals surface area contributed by atoms with Crippen LogP contribution in [0.15, 0.2) is 24.4 Å². The maximum Gasteiger partial charge on any atom is 0.308 e. The maximum absolute atomic E-state index is 14.2. The highest BCUT2D eigenvalue weighted by molar-refractivity contribution is 5.95. The van der Waals surface area contributed by atoms with Gasteiger partial charge in [-0.25, -0.2) is 18.7 Å². The molecule has 4 aromatic rings. The second-order valence-electron chi connectivity index (χ2n) is 9.15. The molecule has 3 fully saturated rings. The average Bonchev–Trinajstić information content (AvgIpc) is 3.38. The van der Waals surface area contributed by atoms with E-state index in [4.69, 9.17) is 0 Å². The van der Waals surface area contributed by atoms with E-state index in [0.29, 0.717) is 11.5 Å². The lowest BCUT2D eigenvalue weighted by molar-refractivity contribution is -0.148. The number of benzene rings is 1. The maximum atomic E-state index is 14.2. The molecule has 33 heavy (non-hydrogen) atoms. The van der Waals surface area contributed by atoms with Gasteiger partial charge in [0.25, 0.3) is 0 Å². The molecule has 3 saturated carbocycles. The van der Waals surface area contributed by atoms with Crippen molar-refractivity contribution < 1.29 is 18.7 Å². The van der Waals surface area contributed by atoms with Crippen LogP contribution >= 0.6 is 0 Å². The number of aryl methyl sites for hydroxylation is 1. The fourth-order valence-corrected chi connectivity index (χ4v) is 5.74.